The summed E-state index contributed by atoms with van der Waals surface area (Å²) >= 11 is 0. The van der Waals surface area contributed by atoms with Crippen molar-refractivity contribution in [2.75, 3.05) is 19.4 Å². The second-order valence-electron chi connectivity index (χ2n) is 4.27. The van der Waals surface area contributed by atoms with Crippen LogP contribution in [0.25, 0.3) is 0 Å². The van der Waals surface area contributed by atoms with Crippen LogP contribution in [-0.4, -0.2) is 40.1 Å². The molecule has 0 aliphatic carbocycles. The van der Waals surface area contributed by atoms with Crippen LogP contribution in [0.1, 0.15) is 15.9 Å². The van der Waals surface area contributed by atoms with Crippen LogP contribution < -0.4 is 10.9 Å². The number of aromatic amines is 2. The predicted molar refractivity (Wildman–Crippen MR) is 71.0 cm³/mol. The molecule has 0 fully saturated rings. The lowest BCUT2D eigenvalue weighted by molar-refractivity contribution is 0.0828. The van der Waals surface area contributed by atoms with Gasteiger partial charge in [0.15, 0.2) is 0 Å². The molecule has 7 heteroatoms. The Morgan fingerprint density at radius 3 is 2.95 bits per heavy atom. The summed E-state index contributed by atoms with van der Waals surface area (Å²) in [6, 6.07) is 3.29. The first-order valence-electron chi connectivity index (χ1n) is 5.74. The van der Waals surface area contributed by atoms with E-state index in [2.05, 4.69) is 20.5 Å². The van der Waals surface area contributed by atoms with Crippen LogP contribution in [0, 0.1) is 0 Å². The lowest BCUT2D eigenvalue weighted by atomic mass is 10.2. The van der Waals surface area contributed by atoms with E-state index in [4.69, 9.17) is 0 Å². The summed E-state index contributed by atoms with van der Waals surface area (Å²) in [5.74, 6) is 0.404. The van der Waals surface area contributed by atoms with Crippen molar-refractivity contribution >= 4 is 11.7 Å². The number of hydrogen-bond donors (Lipinski definition) is 3. The van der Waals surface area contributed by atoms with Gasteiger partial charge in [-0.25, -0.2) is 0 Å². The fourth-order valence-corrected chi connectivity index (χ4v) is 1.61. The van der Waals surface area contributed by atoms with Crippen molar-refractivity contribution in [3.8, 4) is 0 Å². The van der Waals surface area contributed by atoms with Crippen molar-refractivity contribution in [2.24, 2.45) is 0 Å². The Labute approximate surface area is 109 Å². The van der Waals surface area contributed by atoms with E-state index in [0.29, 0.717) is 17.9 Å². The number of pyridine rings is 1. The van der Waals surface area contributed by atoms with Crippen molar-refractivity contribution in [2.45, 2.75) is 6.54 Å². The number of nitrogens with zero attached hydrogens (tertiary/aromatic N) is 2. The van der Waals surface area contributed by atoms with Gasteiger partial charge in [-0.15, -0.1) is 0 Å². The number of hydrogen-bond acceptors (Lipinski definition) is 4. The average Bonchev–Trinajstić information content (AvgIpc) is 2.83. The molecule has 2 aromatic heterocycles. The molecule has 7 nitrogen and oxygen atoms in total. The largest absolute Gasteiger partial charge is 0.366 e. The maximum Gasteiger partial charge on any atom is 0.258 e. The lowest BCUT2D eigenvalue weighted by Gasteiger charge is -2.11. The maximum atomic E-state index is 11.9. The topological polar surface area (TPSA) is 93.9 Å². The molecule has 0 saturated carbocycles. The Kier molecular flexibility index (Phi) is 3.65. The van der Waals surface area contributed by atoms with Gasteiger partial charge in [0.2, 0.25) is 5.56 Å². The summed E-state index contributed by atoms with van der Waals surface area (Å²) in [6.45, 7) is 0.430. The summed E-state index contributed by atoms with van der Waals surface area (Å²) in [7, 11) is 3.35. The third-order valence-electron chi connectivity index (χ3n) is 2.58. The number of carbonyl (C=O) groups is 1. The van der Waals surface area contributed by atoms with Crippen molar-refractivity contribution in [3.05, 3.63) is 46.0 Å². The Hall–Kier alpha value is -2.57. The van der Waals surface area contributed by atoms with E-state index in [0.717, 1.165) is 5.56 Å². The van der Waals surface area contributed by atoms with E-state index in [-0.39, 0.29) is 11.5 Å². The molecule has 3 N–H and O–H groups in total. The van der Waals surface area contributed by atoms with Crippen molar-refractivity contribution < 1.29 is 4.79 Å². The fourth-order valence-electron chi connectivity index (χ4n) is 1.61. The lowest BCUT2D eigenvalue weighted by Crippen LogP contribution is -2.22. The first kappa shape index (κ1) is 12.9. The van der Waals surface area contributed by atoms with Crippen molar-refractivity contribution in [1.29, 1.82) is 0 Å². The molecule has 19 heavy (non-hydrogen) atoms. The third kappa shape index (κ3) is 3.01. The number of nitrogens with one attached hydrogen (secondary N) is 3. The van der Waals surface area contributed by atoms with Crippen LogP contribution in [0.2, 0.25) is 0 Å². The van der Waals surface area contributed by atoms with E-state index in [9.17, 15) is 9.59 Å². The number of anilines is 1. The van der Waals surface area contributed by atoms with Crippen LogP contribution in [0.15, 0.2) is 29.3 Å². The minimum Gasteiger partial charge on any atom is -0.366 e. The highest BCUT2D eigenvalue weighted by Gasteiger charge is 2.15. The molecule has 0 aliphatic rings. The van der Waals surface area contributed by atoms with E-state index >= 15 is 0 Å². The second-order valence-corrected chi connectivity index (χ2v) is 4.27. The van der Waals surface area contributed by atoms with E-state index in [1.54, 1.807) is 26.4 Å². The molecule has 100 valence electrons. The average molecular weight is 261 g/mol. The molecule has 1 amide bonds. The molecule has 0 spiro atoms. The second kappa shape index (κ2) is 5.38. The highest BCUT2D eigenvalue weighted by atomic mass is 16.2. The number of H-pyrrole nitrogens is 2. The predicted octanol–water partition coefficient (Wildman–Crippen LogP) is 0.412. The molecule has 0 aromatic carbocycles. The molecule has 0 radical (unpaired) electrons. The number of aromatic nitrogens is 3. The summed E-state index contributed by atoms with van der Waals surface area (Å²) in [4.78, 5) is 27.0. The molecular formula is C12H15N5O2. The third-order valence-corrected chi connectivity index (χ3v) is 2.58. The van der Waals surface area contributed by atoms with Crippen molar-refractivity contribution in [1.82, 2.24) is 20.1 Å². The summed E-state index contributed by atoms with van der Waals surface area (Å²) in [5.41, 5.74) is 1.13. The van der Waals surface area contributed by atoms with Crippen LogP contribution in [0.4, 0.5) is 5.82 Å². The maximum absolute atomic E-state index is 11.9. The van der Waals surface area contributed by atoms with Crippen LogP contribution >= 0.6 is 0 Å². The van der Waals surface area contributed by atoms with Crippen LogP contribution in [0.5, 0.6) is 0 Å². The Balaban J connectivity index is 2.10. The minimum atomic E-state index is -0.159. The number of amides is 1. The van der Waals surface area contributed by atoms with Gasteiger partial charge in [0.05, 0.1) is 6.20 Å². The van der Waals surface area contributed by atoms with Gasteiger partial charge >= 0.3 is 0 Å². The highest BCUT2D eigenvalue weighted by Crippen LogP contribution is 2.13. The van der Waals surface area contributed by atoms with Gasteiger partial charge in [-0.05, 0) is 11.6 Å². The summed E-state index contributed by atoms with van der Waals surface area (Å²) in [5, 5.41) is 9.64. The van der Waals surface area contributed by atoms with Gasteiger partial charge in [0, 0.05) is 32.9 Å². The molecule has 0 bridgehead atoms. The standard InChI is InChI=1S/C12H15N5O2/c1-17(2)12(19)9-7-15-16-11(9)14-6-8-3-4-13-10(18)5-8/h3-5,7H,6H2,1-2H3,(H,13,18)(H2,14,15,16). The molecule has 0 unspecified atom stereocenters. The fraction of sp³-hybridized carbons (Fsp3) is 0.250. The molecule has 0 saturated heterocycles. The zero-order valence-corrected chi connectivity index (χ0v) is 10.7. The zero-order valence-electron chi connectivity index (χ0n) is 10.7. The Morgan fingerprint density at radius 2 is 2.26 bits per heavy atom. The Bertz CT molecular complexity index is 629. The van der Waals surface area contributed by atoms with Crippen molar-refractivity contribution in [3.63, 3.8) is 0 Å². The molecule has 2 rings (SSSR count). The summed E-state index contributed by atoms with van der Waals surface area (Å²) in [6.07, 6.45) is 3.06. The van der Waals surface area contributed by atoms with E-state index in [1.807, 2.05) is 0 Å². The minimum absolute atomic E-state index is 0.137. The van der Waals surface area contributed by atoms with Crippen LogP contribution in [0.3, 0.4) is 0 Å². The normalized spacial score (nSPS) is 10.2. The number of carbonyl (C=O) groups excluding carboxylic acids is 1. The highest BCUT2D eigenvalue weighted by molar-refractivity contribution is 5.98. The van der Waals surface area contributed by atoms with E-state index in [1.165, 1.54) is 17.2 Å². The van der Waals surface area contributed by atoms with Gasteiger partial charge in [-0.1, -0.05) is 0 Å². The molecule has 0 aliphatic heterocycles. The Morgan fingerprint density at radius 1 is 1.47 bits per heavy atom. The monoisotopic (exact) mass is 261 g/mol. The van der Waals surface area contributed by atoms with Gasteiger partial charge in [-0.2, -0.15) is 5.10 Å². The molecular weight excluding hydrogens is 246 g/mol. The SMILES string of the molecule is CN(C)C(=O)c1cn[nH]c1NCc1cc[nH]c(=O)c1. The molecule has 2 heterocycles. The smallest absolute Gasteiger partial charge is 0.258 e. The first-order chi connectivity index (χ1) is 9.08. The molecule has 0 atom stereocenters. The summed E-state index contributed by atoms with van der Waals surface area (Å²) < 4.78 is 0. The van der Waals surface area contributed by atoms with Gasteiger partial charge in [0.25, 0.3) is 5.91 Å². The van der Waals surface area contributed by atoms with Gasteiger partial charge < -0.3 is 15.2 Å². The quantitative estimate of drug-likeness (QED) is 0.743. The van der Waals surface area contributed by atoms with E-state index < -0.39 is 0 Å². The zero-order chi connectivity index (χ0) is 13.8. The number of rotatable bonds is 4. The first-order valence-corrected chi connectivity index (χ1v) is 5.74. The van der Waals surface area contributed by atoms with Gasteiger partial charge in [-0.3, -0.25) is 14.7 Å². The molecule has 2 aromatic rings. The van der Waals surface area contributed by atoms with Gasteiger partial charge in [0.1, 0.15) is 11.4 Å². The van der Waals surface area contributed by atoms with Crippen LogP contribution in [-0.2, 0) is 6.54 Å².